The maximum Gasteiger partial charge on any atom is 0.259 e. The first kappa shape index (κ1) is 16.2. The summed E-state index contributed by atoms with van der Waals surface area (Å²) in [5.74, 6) is 0.422. The first-order chi connectivity index (χ1) is 11.2. The van der Waals surface area contributed by atoms with Crippen LogP contribution in [0.25, 0.3) is 0 Å². The number of nitrogens with zero attached hydrogens (tertiary/aromatic N) is 3. The largest absolute Gasteiger partial charge is 0.480 e. The Hall–Kier alpha value is -1.66. The van der Waals surface area contributed by atoms with Crippen LogP contribution in [0.2, 0.25) is 0 Å². The second-order valence-electron chi connectivity index (χ2n) is 6.26. The van der Waals surface area contributed by atoms with Gasteiger partial charge in [0.15, 0.2) is 0 Å². The molecule has 0 bridgehead atoms. The number of pyridine rings is 1. The summed E-state index contributed by atoms with van der Waals surface area (Å²) in [6.07, 6.45) is 3.98. The van der Waals surface area contributed by atoms with Gasteiger partial charge in [-0.05, 0) is 31.9 Å². The summed E-state index contributed by atoms with van der Waals surface area (Å²) in [5.41, 5.74) is 0.549. The predicted octanol–water partition coefficient (Wildman–Crippen LogP) is 1.42. The van der Waals surface area contributed by atoms with Crippen molar-refractivity contribution < 1.29 is 14.3 Å². The molecule has 3 rings (SSSR count). The Morgan fingerprint density at radius 2 is 2.13 bits per heavy atom. The molecule has 6 heteroatoms. The van der Waals surface area contributed by atoms with Crippen LogP contribution in [0, 0.1) is 0 Å². The van der Waals surface area contributed by atoms with Gasteiger partial charge in [0.1, 0.15) is 5.56 Å². The highest BCUT2D eigenvalue weighted by Gasteiger charge is 2.30. The molecular weight excluding hydrogens is 294 g/mol. The second kappa shape index (κ2) is 7.27. The fraction of sp³-hybridized carbons (Fsp3) is 0.647. The Morgan fingerprint density at radius 3 is 2.83 bits per heavy atom. The molecule has 0 spiro atoms. The topological polar surface area (TPSA) is 54.9 Å². The van der Waals surface area contributed by atoms with E-state index in [4.69, 9.17) is 9.47 Å². The molecule has 0 saturated carbocycles. The Kier molecular flexibility index (Phi) is 5.13. The number of carbonyl (C=O) groups excluding carboxylic acids is 1. The zero-order chi connectivity index (χ0) is 16.2. The molecule has 0 radical (unpaired) electrons. The minimum Gasteiger partial charge on any atom is -0.480 e. The van der Waals surface area contributed by atoms with Crippen LogP contribution in [0.15, 0.2) is 18.3 Å². The smallest absolute Gasteiger partial charge is 0.259 e. The molecule has 23 heavy (non-hydrogen) atoms. The zero-order valence-corrected chi connectivity index (χ0v) is 13.9. The summed E-state index contributed by atoms with van der Waals surface area (Å²) in [5, 5.41) is 0. The normalized spacial score (nSPS) is 23.7. The highest BCUT2D eigenvalue weighted by atomic mass is 16.5. The molecule has 1 atom stereocenters. The van der Waals surface area contributed by atoms with Gasteiger partial charge >= 0.3 is 0 Å². The molecule has 1 aromatic heterocycles. The van der Waals surface area contributed by atoms with Gasteiger partial charge in [0, 0.05) is 38.4 Å². The Balaban J connectivity index is 1.59. The molecule has 2 aliphatic rings. The van der Waals surface area contributed by atoms with Crippen LogP contribution in [0.5, 0.6) is 5.88 Å². The lowest BCUT2D eigenvalue weighted by atomic mass is 10.0. The van der Waals surface area contributed by atoms with Gasteiger partial charge in [-0.1, -0.05) is 0 Å². The van der Waals surface area contributed by atoms with Crippen LogP contribution in [-0.2, 0) is 4.74 Å². The van der Waals surface area contributed by atoms with Gasteiger partial charge in [-0.15, -0.1) is 0 Å². The fourth-order valence-electron chi connectivity index (χ4n) is 3.50. The number of likely N-dealkylation sites (tertiary alicyclic amines) is 1. The SMILES string of the molecule is COc1ncccc1C(=O)N1CCC(N2CCOC(C)C2)CC1. The number of methoxy groups -OCH3 is 1. The summed E-state index contributed by atoms with van der Waals surface area (Å²) >= 11 is 0. The number of ether oxygens (including phenoxy) is 2. The van der Waals surface area contributed by atoms with Crippen molar-refractivity contribution in [3.63, 3.8) is 0 Å². The van der Waals surface area contributed by atoms with Crippen molar-refractivity contribution in [3.8, 4) is 5.88 Å². The van der Waals surface area contributed by atoms with Gasteiger partial charge in [-0.3, -0.25) is 9.69 Å². The van der Waals surface area contributed by atoms with E-state index in [1.54, 1.807) is 25.4 Å². The summed E-state index contributed by atoms with van der Waals surface area (Å²) in [6.45, 7) is 6.50. The van der Waals surface area contributed by atoms with E-state index in [0.717, 1.165) is 45.6 Å². The Labute approximate surface area is 137 Å². The van der Waals surface area contributed by atoms with Gasteiger partial charge in [0.25, 0.3) is 5.91 Å². The third kappa shape index (κ3) is 3.64. The van der Waals surface area contributed by atoms with E-state index in [-0.39, 0.29) is 5.91 Å². The molecule has 0 aliphatic carbocycles. The van der Waals surface area contributed by atoms with Gasteiger partial charge in [0.2, 0.25) is 5.88 Å². The average Bonchev–Trinajstić information content (AvgIpc) is 2.61. The number of carbonyl (C=O) groups is 1. The van der Waals surface area contributed by atoms with Crippen LogP contribution >= 0.6 is 0 Å². The average molecular weight is 319 g/mol. The number of hydrogen-bond donors (Lipinski definition) is 0. The first-order valence-electron chi connectivity index (χ1n) is 8.33. The van der Waals surface area contributed by atoms with Crippen molar-refractivity contribution in [1.29, 1.82) is 0 Å². The molecule has 1 aromatic rings. The quantitative estimate of drug-likeness (QED) is 0.843. The van der Waals surface area contributed by atoms with E-state index in [0.29, 0.717) is 23.6 Å². The summed E-state index contributed by atoms with van der Waals surface area (Å²) < 4.78 is 10.8. The molecule has 2 saturated heterocycles. The number of piperidine rings is 1. The molecule has 6 nitrogen and oxygen atoms in total. The van der Waals surface area contributed by atoms with E-state index in [9.17, 15) is 4.79 Å². The highest BCUT2D eigenvalue weighted by molar-refractivity contribution is 5.96. The van der Waals surface area contributed by atoms with Crippen molar-refractivity contribution in [2.75, 3.05) is 39.9 Å². The summed E-state index contributed by atoms with van der Waals surface area (Å²) in [7, 11) is 1.55. The molecule has 0 N–H and O–H groups in total. The van der Waals surface area contributed by atoms with E-state index >= 15 is 0 Å². The van der Waals surface area contributed by atoms with Crippen molar-refractivity contribution in [2.24, 2.45) is 0 Å². The number of rotatable bonds is 3. The lowest BCUT2D eigenvalue weighted by Crippen LogP contribution is -2.51. The third-order valence-corrected chi connectivity index (χ3v) is 4.74. The molecule has 1 amide bonds. The van der Waals surface area contributed by atoms with Crippen LogP contribution < -0.4 is 4.74 Å². The standard InChI is InChI=1S/C17H25N3O3/c1-13-12-20(10-11-23-13)14-5-8-19(9-6-14)17(21)15-4-3-7-18-16(15)22-2/h3-4,7,13-14H,5-6,8-12H2,1-2H3. The molecule has 0 aromatic carbocycles. The molecule has 2 fully saturated rings. The molecule has 1 unspecified atom stereocenters. The van der Waals surface area contributed by atoms with Crippen LogP contribution in [0.1, 0.15) is 30.1 Å². The van der Waals surface area contributed by atoms with Crippen molar-refractivity contribution in [1.82, 2.24) is 14.8 Å². The van der Waals surface area contributed by atoms with Crippen LogP contribution in [0.4, 0.5) is 0 Å². The second-order valence-corrected chi connectivity index (χ2v) is 6.26. The minimum atomic E-state index is 0.0174. The highest BCUT2D eigenvalue weighted by Crippen LogP contribution is 2.22. The maximum atomic E-state index is 12.7. The number of hydrogen-bond acceptors (Lipinski definition) is 5. The monoisotopic (exact) mass is 319 g/mol. The number of amides is 1. The number of morpholine rings is 1. The van der Waals surface area contributed by atoms with Gasteiger partial charge in [-0.25, -0.2) is 4.98 Å². The minimum absolute atomic E-state index is 0.0174. The zero-order valence-electron chi connectivity index (χ0n) is 13.9. The maximum absolute atomic E-state index is 12.7. The lowest BCUT2D eigenvalue weighted by Gasteiger charge is -2.41. The van der Waals surface area contributed by atoms with E-state index in [1.165, 1.54) is 0 Å². The fourth-order valence-corrected chi connectivity index (χ4v) is 3.50. The summed E-state index contributed by atoms with van der Waals surface area (Å²) in [6, 6.07) is 4.11. The van der Waals surface area contributed by atoms with Gasteiger partial charge in [-0.2, -0.15) is 0 Å². The predicted molar refractivity (Wildman–Crippen MR) is 86.7 cm³/mol. The summed E-state index contributed by atoms with van der Waals surface area (Å²) in [4.78, 5) is 21.2. The van der Waals surface area contributed by atoms with Crippen molar-refractivity contribution in [3.05, 3.63) is 23.9 Å². The van der Waals surface area contributed by atoms with E-state index in [1.807, 2.05) is 4.90 Å². The molecule has 3 heterocycles. The lowest BCUT2D eigenvalue weighted by molar-refractivity contribution is -0.0423. The Bertz CT molecular complexity index is 544. The van der Waals surface area contributed by atoms with E-state index in [2.05, 4.69) is 16.8 Å². The van der Waals surface area contributed by atoms with Crippen molar-refractivity contribution >= 4 is 5.91 Å². The van der Waals surface area contributed by atoms with E-state index < -0.39 is 0 Å². The molecule has 126 valence electrons. The van der Waals surface area contributed by atoms with Crippen LogP contribution in [0.3, 0.4) is 0 Å². The molecule has 2 aliphatic heterocycles. The van der Waals surface area contributed by atoms with Gasteiger partial charge < -0.3 is 14.4 Å². The van der Waals surface area contributed by atoms with Crippen molar-refractivity contribution in [2.45, 2.75) is 31.9 Å². The first-order valence-corrected chi connectivity index (χ1v) is 8.33. The Morgan fingerprint density at radius 1 is 1.35 bits per heavy atom. The third-order valence-electron chi connectivity index (χ3n) is 4.74. The van der Waals surface area contributed by atoms with Gasteiger partial charge in [0.05, 0.1) is 19.8 Å². The number of aromatic nitrogens is 1. The van der Waals surface area contributed by atoms with Crippen LogP contribution in [-0.4, -0.2) is 72.7 Å². The molecular formula is C17H25N3O3.